The Morgan fingerprint density at radius 3 is 0.984 bits per heavy atom. The van der Waals surface area contributed by atoms with E-state index < -0.39 is 8.07 Å². The Morgan fingerprint density at radius 2 is 0.698 bits per heavy atom. The minimum absolute atomic E-state index is 0.00116. The van der Waals surface area contributed by atoms with Crippen molar-refractivity contribution in [3.63, 3.8) is 0 Å². The molecule has 5 aromatic rings. The zero-order chi connectivity index (χ0) is 99.4. The van der Waals surface area contributed by atoms with Gasteiger partial charge < -0.3 is 28.8 Å². The number of hydrogen-bond donors (Lipinski definition) is 1. The van der Waals surface area contributed by atoms with Gasteiger partial charge in [0.2, 0.25) is 0 Å². The topological polar surface area (TPSA) is 169 Å². The molecule has 1 aliphatic rings. The summed E-state index contributed by atoms with van der Waals surface area (Å²) in [6.07, 6.45) is 13.0. The number of rotatable bonds is 30. The van der Waals surface area contributed by atoms with Crippen molar-refractivity contribution in [2.24, 2.45) is 94.7 Å². The van der Waals surface area contributed by atoms with E-state index in [0.29, 0.717) is 44.9 Å². The van der Waals surface area contributed by atoms with Gasteiger partial charge in [-0.25, -0.2) is 0 Å². The molecule has 0 atom stereocenters. The van der Waals surface area contributed by atoms with E-state index in [4.69, 9.17) is 28.8 Å². The molecule has 126 heavy (non-hydrogen) atoms. The second-order valence-electron chi connectivity index (χ2n) is 40.4. The zero-order valence-electron chi connectivity index (χ0n) is 89.0. The van der Waals surface area contributed by atoms with Crippen LogP contribution in [-0.2, 0) is 78.5 Å². The number of hydrogen-bond acceptors (Lipinski definition) is 12. The van der Waals surface area contributed by atoms with Crippen molar-refractivity contribution < 1.29 is 57.6 Å². The number of aliphatic hydroxyl groups is 1. The van der Waals surface area contributed by atoms with E-state index in [9.17, 15) is 28.8 Å². The van der Waals surface area contributed by atoms with Gasteiger partial charge in [0.05, 0.1) is 49.4 Å². The van der Waals surface area contributed by atoms with Gasteiger partial charge >= 0.3 is 29.8 Å². The van der Waals surface area contributed by atoms with Crippen LogP contribution in [0.25, 0.3) is 11.1 Å². The maximum absolute atomic E-state index is 11.7. The minimum Gasteiger partial charge on any atom is -0.465 e. The first-order valence-corrected chi connectivity index (χ1v) is 51.4. The normalized spacial score (nSPS) is 10.8. The lowest BCUT2D eigenvalue weighted by Crippen LogP contribution is -2.23. The predicted molar refractivity (Wildman–Crippen MR) is 552 cm³/mol. The van der Waals surface area contributed by atoms with Crippen molar-refractivity contribution >= 4 is 43.7 Å². The second kappa shape index (κ2) is 84.6. The molecule has 726 valence electrons. The zero-order valence-corrected chi connectivity index (χ0v) is 90.0. The van der Waals surface area contributed by atoms with E-state index in [1.807, 2.05) is 144 Å². The van der Waals surface area contributed by atoms with Gasteiger partial charge in [-0.15, -0.1) is 6.58 Å². The first kappa shape index (κ1) is 134. The average Bonchev–Trinajstić information content (AvgIpc) is 1.62. The van der Waals surface area contributed by atoms with Gasteiger partial charge in [0, 0.05) is 19.9 Å². The van der Waals surface area contributed by atoms with Crippen LogP contribution < -0.4 is 0 Å². The van der Waals surface area contributed by atoms with E-state index in [1.165, 1.54) is 59.1 Å². The Bertz CT molecular complexity index is 3300. The summed E-state index contributed by atoms with van der Waals surface area (Å²) >= 11 is 0. The molecule has 0 radical (unpaired) electrons. The number of unbranched alkanes of at least 4 members (excludes halogenated alkanes) is 1. The van der Waals surface area contributed by atoms with Crippen molar-refractivity contribution in [2.45, 2.75) is 359 Å². The molecular formula is C113H198O12Si. The predicted octanol–water partition coefficient (Wildman–Crippen LogP) is 32.1. The SMILES string of the molecule is C=CCC(C)C.C=CCOC(=O)C(C)C.CC(=O)C(C)C.CC(C)C.CC(C)C.CC(C)C(=O)OCC1c2ccccc2-c2ccccc21.CC(C)C(=O)OCc1ccccc1.CC(C)CC(C)C.CC(C)CCCCOC(=O)C(C)C.CC(C)COC(=O)C(C)C.CC(C)Cc1ccc(CO)cc1.CC(C)Cc1ccccc1.CC(C)[Si](C)(C)C.CCC(C)C. The molecule has 0 unspecified atom stereocenters. The van der Waals surface area contributed by atoms with Crippen LogP contribution in [0.15, 0.2) is 159 Å². The number of benzene rings is 5. The van der Waals surface area contributed by atoms with E-state index in [1.54, 1.807) is 26.8 Å². The summed E-state index contributed by atoms with van der Waals surface area (Å²) in [7, 11) is -0.735. The van der Waals surface area contributed by atoms with Gasteiger partial charge in [-0.05, 0) is 149 Å². The van der Waals surface area contributed by atoms with Crippen molar-refractivity contribution in [2.75, 3.05) is 26.4 Å². The second-order valence-corrected chi connectivity index (χ2v) is 46.3. The van der Waals surface area contributed by atoms with Crippen LogP contribution in [0.5, 0.6) is 0 Å². The number of fused-ring (bicyclic) bond motifs is 3. The Balaban J connectivity index is -0.000000203. The number of ketones is 1. The molecule has 0 bridgehead atoms. The summed E-state index contributed by atoms with van der Waals surface area (Å²) in [6, 6.07) is 45.2. The molecule has 0 heterocycles. The highest BCUT2D eigenvalue weighted by Crippen LogP contribution is 2.44. The highest BCUT2D eigenvalue weighted by atomic mass is 28.3. The molecule has 0 aromatic heterocycles. The first-order chi connectivity index (χ1) is 58.4. The smallest absolute Gasteiger partial charge is 0.308 e. The van der Waals surface area contributed by atoms with Gasteiger partial charge in [-0.2, -0.15) is 0 Å². The monoisotopic (exact) mass is 1780 g/mol. The van der Waals surface area contributed by atoms with Crippen LogP contribution in [0.2, 0.25) is 25.2 Å². The first-order valence-electron chi connectivity index (χ1n) is 47.9. The molecule has 0 saturated heterocycles. The van der Waals surface area contributed by atoms with Gasteiger partial charge in [-0.1, -0.05) is 446 Å². The van der Waals surface area contributed by atoms with Crippen LogP contribution in [-0.4, -0.2) is 75.2 Å². The Hall–Kier alpha value is -7.22. The lowest BCUT2D eigenvalue weighted by molar-refractivity contribution is -0.149. The maximum Gasteiger partial charge on any atom is 0.308 e. The molecule has 0 fully saturated rings. The molecule has 0 spiro atoms. The van der Waals surface area contributed by atoms with Crippen molar-refractivity contribution in [1.82, 2.24) is 0 Å². The fraction of sp³-hybridized carbons (Fsp3) is 0.646. The number of esters is 5. The van der Waals surface area contributed by atoms with Gasteiger partial charge in [0.1, 0.15) is 25.6 Å². The molecule has 0 saturated carbocycles. The molecule has 0 amide bonds. The van der Waals surface area contributed by atoms with Crippen LogP contribution in [0.4, 0.5) is 0 Å². The summed E-state index contributed by atoms with van der Waals surface area (Å²) in [4.78, 5) is 65.4. The molecular weight excluding hydrogens is 1580 g/mol. The summed E-state index contributed by atoms with van der Waals surface area (Å²) < 4.78 is 25.2. The summed E-state index contributed by atoms with van der Waals surface area (Å²) in [6.45, 7) is 95.4. The third-order valence-electron chi connectivity index (χ3n) is 17.5. The molecule has 5 aromatic carbocycles. The third kappa shape index (κ3) is 94.4. The fourth-order valence-corrected chi connectivity index (χ4v) is 9.00. The quantitative estimate of drug-likeness (QED) is 0.0152. The molecule has 1 aliphatic carbocycles. The standard InChI is InChI=1S/C18H18O2.C11H14O2.C11H22O2.C11H16O.C10H14.C8H16O2.C7H12O2.C7H16.C6H16Si.C6H12.C5H10O.C5H12.2C4H10/c1-12(2)18(19)20-11-17-15-9-5-3-7-13(15)14-8-4-6-10-16(14)17;1-9(2)11(12)13-8-10-6-4-3-5-7-10;1-9(2)7-5-6-8-13-11(12)10(3)4;1-9(2)7-10-3-5-11(8-12)6-4-10;1-9(2)8-10-6-4-3-5-7-10;1-6(2)5-10-8(9)7(3)4;1-4-5-9-7(8)6(2)3;1-6(2)5-7(3)4;1-6(2)7(3,4)5;1-4-5-6(2)3;1-4(2)5(3)6;1-4-5(2)3;2*1-4(2)3/h3-10,12,17H,11H2,1-2H3;3-7,9H,8H2,1-2H3;9-10H,5-8H2,1-4H3;3-6,9,12H,7-8H2,1-2H3;3-7,9H,8H2,1-2H3;6-7H,5H2,1-4H3;4,6H,1,5H2,2-3H3;6-7H,5H2,1-4H3;6H,1-5H3;4,6H,1,5H2,2-3H3;4H,1-3H3;5H,4H2,1-3H3;2*4H,1-3H3. The Morgan fingerprint density at radius 1 is 0.373 bits per heavy atom. The summed E-state index contributed by atoms with van der Waals surface area (Å²) in [5.41, 5.74) is 10.8. The van der Waals surface area contributed by atoms with E-state index in [-0.39, 0.29) is 83.7 Å². The third-order valence-corrected chi connectivity index (χ3v) is 21.0. The van der Waals surface area contributed by atoms with Crippen LogP contribution >= 0.6 is 0 Å². The highest BCUT2D eigenvalue weighted by molar-refractivity contribution is 6.77. The Kier molecular flexibility index (Phi) is 90.2. The number of carbonyl (C=O) groups is 6. The Labute approximate surface area is 779 Å². The minimum atomic E-state index is -0.735. The van der Waals surface area contributed by atoms with Crippen molar-refractivity contribution in [3.8, 4) is 11.1 Å². The number of Topliss-reactive ketones (excluding diaryl/α,β-unsaturated/α-hetero) is 1. The lowest BCUT2D eigenvalue weighted by Gasteiger charge is -2.19. The van der Waals surface area contributed by atoms with E-state index in [0.717, 1.165) is 89.7 Å². The summed E-state index contributed by atoms with van der Waals surface area (Å²) in [5.74, 6) is 7.56. The molecule has 1 N–H and O–H groups in total. The lowest BCUT2D eigenvalue weighted by atomic mass is 9.98. The fourth-order valence-electron chi connectivity index (χ4n) is 9.00. The largest absolute Gasteiger partial charge is 0.465 e. The molecule has 12 nitrogen and oxygen atoms in total. The van der Waals surface area contributed by atoms with Crippen LogP contribution in [0, 0.1) is 94.7 Å². The molecule has 0 aliphatic heterocycles. The van der Waals surface area contributed by atoms with Gasteiger partial charge in [-0.3, -0.25) is 28.8 Å². The number of carbonyl (C=O) groups excluding carboxylic acids is 6. The number of ether oxygens (including phenoxy) is 5. The van der Waals surface area contributed by atoms with Gasteiger partial charge in [0.15, 0.2) is 0 Å². The van der Waals surface area contributed by atoms with E-state index >= 15 is 0 Å². The number of aliphatic hydroxyl groups excluding tert-OH is 1. The van der Waals surface area contributed by atoms with Crippen molar-refractivity contribution in [3.05, 3.63) is 192 Å². The number of allylic oxidation sites excluding steroid dienone is 1. The highest BCUT2D eigenvalue weighted by Gasteiger charge is 2.29. The summed E-state index contributed by atoms with van der Waals surface area (Å²) in [5, 5.41) is 8.81. The average molecular weight is 1780 g/mol. The van der Waals surface area contributed by atoms with E-state index in [2.05, 4.69) is 271 Å². The maximum atomic E-state index is 11.7. The molecule has 13 heteroatoms. The van der Waals surface area contributed by atoms with Crippen molar-refractivity contribution in [1.29, 1.82) is 0 Å². The van der Waals surface area contributed by atoms with Gasteiger partial charge in [0.25, 0.3) is 0 Å². The molecule has 6 rings (SSSR count). The van der Waals surface area contributed by atoms with Crippen LogP contribution in [0.3, 0.4) is 0 Å². The van der Waals surface area contributed by atoms with Crippen LogP contribution in [0.1, 0.15) is 341 Å².